The van der Waals surface area contributed by atoms with Gasteiger partial charge in [0.05, 0.1) is 29.8 Å². The maximum atomic E-state index is 13.3. The predicted octanol–water partition coefficient (Wildman–Crippen LogP) is 6.32. The van der Waals surface area contributed by atoms with Crippen molar-refractivity contribution < 1.29 is 45.2 Å². The van der Waals surface area contributed by atoms with Gasteiger partial charge in [0, 0.05) is 50.9 Å². The van der Waals surface area contributed by atoms with Gasteiger partial charge in [-0.25, -0.2) is 0 Å². The highest BCUT2D eigenvalue weighted by Gasteiger charge is 2.39. The van der Waals surface area contributed by atoms with Crippen LogP contribution in [-0.4, -0.2) is 87.5 Å². The summed E-state index contributed by atoms with van der Waals surface area (Å²) in [7, 11) is 1.68. The van der Waals surface area contributed by atoms with Crippen LogP contribution in [0.3, 0.4) is 0 Å². The fraction of sp³-hybridized carbons (Fsp3) is 0.462. The summed E-state index contributed by atoms with van der Waals surface area (Å²) in [5, 5.41) is 14.0. The molecule has 11 nitrogen and oxygen atoms in total. The number of nitrogens with zero attached hydrogens (tertiary/aromatic N) is 5. The zero-order valence-electron chi connectivity index (χ0n) is 30.6. The first kappa shape index (κ1) is 39.1. The van der Waals surface area contributed by atoms with Gasteiger partial charge in [-0.15, -0.1) is 0 Å². The topological polar surface area (TPSA) is 128 Å². The van der Waals surface area contributed by atoms with E-state index in [4.69, 9.17) is 4.52 Å². The highest BCUT2D eigenvalue weighted by molar-refractivity contribution is 5.95. The Balaban J connectivity index is 0.000000172. The smallest absolute Gasteiger partial charge is 0.359 e. The number of amides is 3. The summed E-state index contributed by atoms with van der Waals surface area (Å²) in [6.07, 6.45) is -5.95. The minimum atomic E-state index is -4.39. The molecule has 17 heteroatoms. The van der Waals surface area contributed by atoms with E-state index in [2.05, 4.69) is 20.7 Å². The lowest BCUT2D eigenvalue weighted by molar-refractivity contribution is -0.139. The van der Waals surface area contributed by atoms with Crippen LogP contribution in [0.25, 0.3) is 0 Å². The molecule has 0 aliphatic carbocycles. The fourth-order valence-electron chi connectivity index (χ4n) is 8.14. The molecule has 2 aromatic heterocycles. The molecule has 2 N–H and O–H groups in total. The summed E-state index contributed by atoms with van der Waals surface area (Å²) in [6, 6.07) is 11.4. The largest absolute Gasteiger partial charge is 0.416 e. The summed E-state index contributed by atoms with van der Waals surface area (Å²) in [5.41, 5.74) is 2.32. The Morgan fingerprint density at radius 1 is 0.768 bits per heavy atom. The molecule has 4 aliphatic heterocycles. The average Bonchev–Trinajstić information content (AvgIpc) is 3.81. The van der Waals surface area contributed by atoms with Gasteiger partial charge < -0.3 is 24.5 Å². The number of benzene rings is 2. The van der Waals surface area contributed by atoms with Crippen molar-refractivity contribution in [2.45, 2.75) is 75.8 Å². The lowest BCUT2D eigenvalue weighted by Crippen LogP contribution is -2.39. The quantitative estimate of drug-likeness (QED) is 0.232. The SMILES string of the molecule is CN1Cc2c(C(=O)N3CCC(c4ccccc4C(F)(F)F)CC3)n[nH]c2CC1=O.O=C(c1noc2c1CCNC2)N1CCC(c2ccccc2C(F)(F)F)CC1. The van der Waals surface area contributed by atoms with E-state index in [0.717, 1.165) is 29.8 Å². The van der Waals surface area contributed by atoms with Crippen molar-refractivity contribution in [1.82, 2.24) is 35.4 Å². The Kier molecular flexibility index (Phi) is 11.0. The first-order chi connectivity index (χ1) is 26.7. The van der Waals surface area contributed by atoms with Crippen molar-refractivity contribution in [2.24, 2.45) is 0 Å². The number of aromatic amines is 1. The summed E-state index contributed by atoms with van der Waals surface area (Å²) in [4.78, 5) is 42.4. The number of hydrogen-bond acceptors (Lipinski definition) is 7. The van der Waals surface area contributed by atoms with Gasteiger partial charge in [0.25, 0.3) is 11.8 Å². The highest BCUT2D eigenvalue weighted by Crippen LogP contribution is 2.40. The zero-order chi connectivity index (χ0) is 39.8. The van der Waals surface area contributed by atoms with Gasteiger partial charge in [-0.2, -0.15) is 31.4 Å². The van der Waals surface area contributed by atoms with Crippen molar-refractivity contribution in [3.05, 3.63) is 105 Å². The Morgan fingerprint density at radius 2 is 1.29 bits per heavy atom. The number of H-pyrrole nitrogens is 1. The van der Waals surface area contributed by atoms with Crippen molar-refractivity contribution in [3.63, 3.8) is 0 Å². The lowest BCUT2D eigenvalue weighted by atomic mass is 9.86. The number of fused-ring (bicyclic) bond motifs is 2. The molecule has 6 heterocycles. The van der Waals surface area contributed by atoms with Gasteiger partial charge in [-0.1, -0.05) is 41.6 Å². The predicted molar refractivity (Wildman–Crippen MR) is 189 cm³/mol. The molecule has 0 radical (unpaired) electrons. The molecule has 8 rings (SSSR count). The molecule has 2 aromatic carbocycles. The van der Waals surface area contributed by atoms with Crippen LogP contribution in [0, 0.1) is 0 Å². The monoisotopic (exact) mass is 785 g/mol. The van der Waals surface area contributed by atoms with Crippen LogP contribution in [0.15, 0.2) is 53.1 Å². The molecule has 298 valence electrons. The number of carbonyl (C=O) groups excluding carboxylic acids is 3. The van der Waals surface area contributed by atoms with Gasteiger partial charge in [0.15, 0.2) is 17.1 Å². The van der Waals surface area contributed by atoms with Crippen LogP contribution >= 0.6 is 0 Å². The number of rotatable bonds is 4. The average molecular weight is 786 g/mol. The van der Waals surface area contributed by atoms with E-state index in [1.165, 1.54) is 18.2 Å². The minimum absolute atomic E-state index is 0.0377. The van der Waals surface area contributed by atoms with E-state index < -0.39 is 23.5 Å². The van der Waals surface area contributed by atoms with Gasteiger partial charge >= 0.3 is 12.4 Å². The molecule has 0 saturated carbocycles. The summed E-state index contributed by atoms with van der Waals surface area (Å²) >= 11 is 0. The maximum Gasteiger partial charge on any atom is 0.416 e. The molecule has 2 fully saturated rings. The number of hydrogen-bond donors (Lipinski definition) is 2. The van der Waals surface area contributed by atoms with E-state index in [9.17, 15) is 40.7 Å². The summed E-state index contributed by atoms with van der Waals surface area (Å²) < 4.78 is 85.0. The Morgan fingerprint density at radius 3 is 1.82 bits per heavy atom. The molecule has 56 heavy (non-hydrogen) atoms. The molecule has 0 spiro atoms. The van der Waals surface area contributed by atoms with Crippen LogP contribution in [0.2, 0.25) is 0 Å². The second kappa shape index (κ2) is 15.7. The molecule has 0 unspecified atom stereocenters. The van der Waals surface area contributed by atoms with Gasteiger partial charge in [0.2, 0.25) is 5.91 Å². The first-order valence-corrected chi connectivity index (χ1v) is 18.6. The number of likely N-dealkylation sites (tertiary alicyclic amines) is 2. The van der Waals surface area contributed by atoms with Crippen LogP contribution in [-0.2, 0) is 43.1 Å². The normalized spacial score (nSPS) is 18.3. The third-order valence-electron chi connectivity index (χ3n) is 11.2. The molecule has 4 aromatic rings. The minimum Gasteiger partial charge on any atom is -0.359 e. The Labute approximate surface area is 318 Å². The van der Waals surface area contributed by atoms with Crippen LogP contribution in [0.5, 0.6) is 0 Å². The van der Waals surface area contributed by atoms with Crippen molar-refractivity contribution >= 4 is 17.7 Å². The van der Waals surface area contributed by atoms with E-state index in [-0.39, 0.29) is 36.0 Å². The van der Waals surface area contributed by atoms with Crippen molar-refractivity contribution in [1.29, 1.82) is 0 Å². The summed E-state index contributed by atoms with van der Waals surface area (Å²) in [6.45, 7) is 3.21. The Hall–Kier alpha value is -5.19. The van der Waals surface area contributed by atoms with Gasteiger partial charge in [0.1, 0.15) is 0 Å². The number of nitrogens with one attached hydrogen (secondary N) is 2. The third-order valence-corrected chi connectivity index (χ3v) is 11.2. The van der Waals surface area contributed by atoms with Crippen LogP contribution in [0.4, 0.5) is 26.3 Å². The number of alkyl halides is 6. The summed E-state index contributed by atoms with van der Waals surface area (Å²) in [5.74, 6) is -0.226. The second-order valence-electron chi connectivity index (χ2n) is 14.6. The molecule has 0 bridgehead atoms. The first-order valence-electron chi connectivity index (χ1n) is 18.6. The maximum absolute atomic E-state index is 13.3. The van der Waals surface area contributed by atoms with Crippen molar-refractivity contribution in [2.75, 3.05) is 39.8 Å². The van der Waals surface area contributed by atoms with E-state index in [1.807, 2.05) is 0 Å². The molecular formula is C39H41F6N7O4. The molecule has 4 aliphatic rings. The molecule has 0 atom stereocenters. The number of carbonyl (C=O) groups is 3. The second-order valence-corrected chi connectivity index (χ2v) is 14.6. The fourth-order valence-corrected chi connectivity index (χ4v) is 8.14. The molecular weight excluding hydrogens is 744 g/mol. The van der Waals surface area contributed by atoms with Gasteiger partial charge in [-0.05, 0) is 73.7 Å². The number of piperidine rings is 2. The number of likely N-dealkylation sites (N-methyl/N-ethyl adjacent to an activating group) is 1. The lowest BCUT2D eigenvalue weighted by Gasteiger charge is -2.33. The van der Waals surface area contributed by atoms with Crippen LogP contribution < -0.4 is 5.32 Å². The van der Waals surface area contributed by atoms with Gasteiger partial charge in [-0.3, -0.25) is 19.5 Å². The third kappa shape index (κ3) is 8.04. The van der Waals surface area contributed by atoms with E-state index in [0.29, 0.717) is 105 Å². The molecule has 2 saturated heterocycles. The number of halogens is 6. The highest BCUT2D eigenvalue weighted by atomic mass is 19.4. The zero-order valence-corrected chi connectivity index (χ0v) is 30.6. The molecule has 3 amide bonds. The Bertz CT molecular complexity index is 2080. The van der Waals surface area contributed by atoms with Crippen molar-refractivity contribution in [3.8, 4) is 0 Å². The van der Waals surface area contributed by atoms with Crippen LogP contribution in [0.1, 0.15) is 103 Å². The number of aromatic nitrogens is 3. The van der Waals surface area contributed by atoms with E-state index in [1.54, 1.807) is 39.9 Å². The standard InChI is InChI=1S/C20H21F3N4O2.C19H20F3N3O2/c1-26-11-14-16(10-17(26)28)24-25-18(14)19(29)27-8-6-12(7-9-27)13-4-2-3-5-15(13)20(21,22)23;20-19(21,22)15-4-2-1-3-13(15)12-6-9-25(10-7-12)18(26)17-14-5-8-23-11-16(14)27-24-17/h2-5,12H,6-11H2,1H3,(H,24,25);1-4,12,23H,5-11H2. The van der Waals surface area contributed by atoms with E-state index >= 15 is 0 Å².